The quantitative estimate of drug-likeness (QED) is 0.695. The van der Waals surface area contributed by atoms with Crippen molar-refractivity contribution in [2.75, 3.05) is 12.8 Å². The van der Waals surface area contributed by atoms with E-state index in [0.29, 0.717) is 16.4 Å². The highest BCUT2D eigenvalue weighted by atomic mass is 31.1. The molecule has 0 aromatic heterocycles. The van der Waals surface area contributed by atoms with Gasteiger partial charge in [0.15, 0.2) is 5.79 Å². The van der Waals surface area contributed by atoms with Crippen molar-refractivity contribution in [2.24, 2.45) is 0 Å². The fraction of sp³-hybridized carbons (Fsp3) is 1.00. The molecule has 2 nitrogen and oxygen atoms in total. The van der Waals surface area contributed by atoms with E-state index < -0.39 is 0 Å². The third-order valence-electron chi connectivity index (χ3n) is 4.49. The molecule has 1 unspecified atom stereocenters. The molecule has 2 saturated heterocycles. The van der Waals surface area contributed by atoms with E-state index in [2.05, 4.69) is 27.7 Å². The summed E-state index contributed by atoms with van der Waals surface area (Å²) in [5, 5.41) is 0.986. The fourth-order valence-corrected chi connectivity index (χ4v) is 7.66. The summed E-state index contributed by atoms with van der Waals surface area (Å²) in [7, 11) is -0.0157. The standard InChI is InChI=1S/C15H29O2P/c1-13(2)8-7-9-14(3,4)18(13)11-12-10-16-15(5,6)17-12/h12H,7-11H2,1-6H3. The molecule has 106 valence electrons. The first-order chi connectivity index (χ1) is 8.12. The Kier molecular flexibility index (Phi) is 3.87. The van der Waals surface area contributed by atoms with Crippen LogP contribution in [0.25, 0.3) is 0 Å². The largest absolute Gasteiger partial charge is 0.348 e. The molecule has 18 heavy (non-hydrogen) atoms. The number of hydrogen-bond donors (Lipinski definition) is 0. The molecule has 0 aromatic rings. The summed E-state index contributed by atoms with van der Waals surface area (Å²) >= 11 is 0. The number of ether oxygens (including phenoxy) is 2. The van der Waals surface area contributed by atoms with E-state index >= 15 is 0 Å². The van der Waals surface area contributed by atoms with Crippen LogP contribution in [0.15, 0.2) is 0 Å². The normalized spacial score (nSPS) is 34.7. The average Bonchev–Trinajstić information content (AvgIpc) is 2.52. The molecule has 2 rings (SSSR count). The SMILES string of the molecule is CC1(C)OCC(CP2C(C)(C)CCCC2(C)C)O1. The van der Waals surface area contributed by atoms with Gasteiger partial charge in [-0.15, -0.1) is 0 Å². The Morgan fingerprint density at radius 3 is 2.00 bits per heavy atom. The molecule has 1 atom stereocenters. The van der Waals surface area contributed by atoms with E-state index in [1.807, 2.05) is 13.8 Å². The lowest BCUT2D eigenvalue weighted by atomic mass is 9.98. The lowest BCUT2D eigenvalue weighted by molar-refractivity contribution is -0.135. The Morgan fingerprint density at radius 2 is 1.56 bits per heavy atom. The maximum Gasteiger partial charge on any atom is 0.163 e. The van der Waals surface area contributed by atoms with Crippen molar-refractivity contribution in [1.29, 1.82) is 0 Å². The first-order valence-corrected chi connectivity index (χ1v) is 8.75. The highest BCUT2D eigenvalue weighted by Gasteiger charge is 2.46. The predicted octanol–water partition coefficient (Wildman–Crippen LogP) is 4.36. The summed E-state index contributed by atoms with van der Waals surface area (Å²) in [6, 6.07) is 0. The zero-order valence-electron chi connectivity index (χ0n) is 12.9. The minimum absolute atomic E-state index is 0.0157. The van der Waals surface area contributed by atoms with Crippen LogP contribution in [0.5, 0.6) is 0 Å². The molecule has 3 heteroatoms. The summed E-state index contributed by atoms with van der Waals surface area (Å²) in [4.78, 5) is 0. The molecule has 2 heterocycles. The molecule has 2 aliphatic heterocycles. The monoisotopic (exact) mass is 272 g/mol. The first-order valence-electron chi connectivity index (χ1n) is 7.22. The van der Waals surface area contributed by atoms with Gasteiger partial charge in [0.25, 0.3) is 0 Å². The molecule has 2 aliphatic rings. The Morgan fingerprint density at radius 1 is 1.00 bits per heavy atom. The minimum Gasteiger partial charge on any atom is -0.348 e. The van der Waals surface area contributed by atoms with Crippen LogP contribution in [0.4, 0.5) is 0 Å². The van der Waals surface area contributed by atoms with Crippen LogP contribution in [0, 0.1) is 0 Å². The van der Waals surface area contributed by atoms with Crippen LogP contribution in [-0.2, 0) is 9.47 Å². The van der Waals surface area contributed by atoms with E-state index in [0.717, 1.165) is 6.61 Å². The molecule has 0 N–H and O–H groups in total. The van der Waals surface area contributed by atoms with Gasteiger partial charge in [-0.2, -0.15) is 0 Å². The van der Waals surface area contributed by atoms with Crippen molar-refractivity contribution in [1.82, 2.24) is 0 Å². The van der Waals surface area contributed by atoms with Crippen molar-refractivity contribution >= 4 is 7.92 Å². The average molecular weight is 272 g/mol. The molecule has 0 radical (unpaired) electrons. The van der Waals surface area contributed by atoms with Crippen LogP contribution in [0.3, 0.4) is 0 Å². The Hall–Kier alpha value is 0.350. The summed E-state index contributed by atoms with van der Waals surface area (Å²) in [5.41, 5.74) is 0. The van der Waals surface area contributed by atoms with E-state index in [1.54, 1.807) is 0 Å². The van der Waals surface area contributed by atoms with Gasteiger partial charge in [-0.25, -0.2) is 0 Å². The highest BCUT2D eigenvalue weighted by molar-refractivity contribution is 7.61. The molecule has 0 aliphatic carbocycles. The highest BCUT2D eigenvalue weighted by Crippen LogP contribution is 2.66. The molecule has 0 bridgehead atoms. The van der Waals surface area contributed by atoms with Gasteiger partial charge in [0.2, 0.25) is 0 Å². The topological polar surface area (TPSA) is 18.5 Å². The zero-order chi connectivity index (χ0) is 13.6. The number of hydrogen-bond acceptors (Lipinski definition) is 2. The second-order valence-electron chi connectivity index (χ2n) is 7.54. The van der Waals surface area contributed by atoms with Crippen molar-refractivity contribution in [3.8, 4) is 0 Å². The van der Waals surface area contributed by atoms with Gasteiger partial charge in [-0.3, -0.25) is 0 Å². The van der Waals surface area contributed by atoms with Crippen LogP contribution < -0.4 is 0 Å². The maximum absolute atomic E-state index is 6.03. The maximum atomic E-state index is 6.03. The van der Waals surface area contributed by atoms with E-state index in [4.69, 9.17) is 9.47 Å². The zero-order valence-corrected chi connectivity index (χ0v) is 13.8. The van der Waals surface area contributed by atoms with Crippen LogP contribution in [-0.4, -0.2) is 35.0 Å². The van der Waals surface area contributed by atoms with Gasteiger partial charge in [-0.05, 0) is 43.2 Å². The summed E-state index contributed by atoms with van der Waals surface area (Å²) in [6.45, 7) is 14.7. The molecule has 0 aromatic carbocycles. The van der Waals surface area contributed by atoms with E-state index in [-0.39, 0.29) is 13.7 Å². The van der Waals surface area contributed by atoms with E-state index in [1.165, 1.54) is 25.4 Å². The van der Waals surface area contributed by atoms with Gasteiger partial charge in [0, 0.05) is 0 Å². The van der Waals surface area contributed by atoms with Crippen molar-refractivity contribution in [3.63, 3.8) is 0 Å². The predicted molar refractivity (Wildman–Crippen MR) is 78.7 cm³/mol. The lowest BCUT2D eigenvalue weighted by Crippen LogP contribution is -2.38. The summed E-state index contributed by atoms with van der Waals surface area (Å²) in [6.07, 6.45) is 5.64. The van der Waals surface area contributed by atoms with Gasteiger partial charge >= 0.3 is 0 Å². The van der Waals surface area contributed by atoms with Gasteiger partial charge in [0.1, 0.15) is 0 Å². The second kappa shape index (κ2) is 4.72. The van der Waals surface area contributed by atoms with Gasteiger partial charge < -0.3 is 9.47 Å². The van der Waals surface area contributed by atoms with Crippen LogP contribution in [0.2, 0.25) is 0 Å². The van der Waals surface area contributed by atoms with Crippen molar-refractivity contribution < 1.29 is 9.47 Å². The van der Waals surface area contributed by atoms with Crippen LogP contribution >= 0.6 is 7.92 Å². The van der Waals surface area contributed by atoms with E-state index in [9.17, 15) is 0 Å². The Balaban J connectivity index is 2.06. The van der Waals surface area contributed by atoms with Crippen molar-refractivity contribution in [2.45, 2.75) is 83.0 Å². The van der Waals surface area contributed by atoms with Crippen molar-refractivity contribution in [3.05, 3.63) is 0 Å². The molecular weight excluding hydrogens is 243 g/mol. The second-order valence-corrected chi connectivity index (χ2v) is 11.2. The molecule has 0 amide bonds. The summed E-state index contributed by atoms with van der Waals surface area (Å²) in [5.74, 6) is -0.371. The summed E-state index contributed by atoms with van der Waals surface area (Å²) < 4.78 is 11.8. The molecular formula is C15H29O2P. The lowest BCUT2D eigenvalue weighted by Gasteiger charge is -2.50. The van der Waals surface area contributed by atoms with Gasteiger partial charge in [0.05, 0.1) is 12.7 Å². The Labute approximate surface area is 114 Å². The minimum atomic E-state index is -0.371. The first kappa shape index (κ1) is 14.8. The van der Waals surface area contributed by atoms with Gasteiger partial charge in [-0.1, -0.05) is 42.0 Å². The molecule has 0 spiro atoms. The molecule has 0 saturated carbocycles. The number of rotatable bonds is 2. The Bertz CT molecular complexity index is 294. The smallest absolute Gasteiger partial charge is 0.163 e. The fourth-order valence-electron chi connectivity index (χ4n) is 3.59. The molecule has 2 fully saturated rings. The third-order valence-corrected chi connectivity index (χ3v) is 8.63. The third kappa shape index (κ3) is 3.08. The van der Waals surface area contributed by atoms with Crippen LogP contribution in [0.1, 0.15) is 60.8 Å².